The number of hydrogen-bond acceptors (Lipinski definition) is 3. The molecule has 0 N–H and O–H groups in total. The summed E-state index contributed by atoms with van der Waals surface area (Å²) < 4.78 is 10.8. The summed E-state index contributed by atoms with van der Waals surface area (Å²) in [4.78, 5) is 12.4. The number of hydrogen-bond donors (Lipinski definition) is 0. The van der Waals surface area contributed by atoms with Crippen molar-refractivity contribution < 1.29 is 14.3 Å². The van der Waals surface area contributed by atoms with Crippen LogP contribution in [0, 0.1) is 0 Å². The van der Waals surface area contributed by atoms with Crippen LogP contribution in [0.15, 0.2) is 54.6 Å². The van der Waals surface area contributed by atoms with Crippen LogP contribution in [0.4, 0.5) is 0 Å². The molecule has 22 heavy (non-hydrogen) atoms. The maximum atomic E-state index is 12.4. The number of halogens is 1. The topological polar surface area (TPSA) is 38.8 Å². The number of Topliss-reactive ketones (excluding diaryl/α,β-unsaturated/α-hetero) is 1. The predicted octanol–water partition coefficient (Wildman–Crippen LogP) is 3.70. The molecule has 0 radical (unpaired) electrons. The summed E-state index contributed by atoms with van der Waals surface area (Å²) in [6.07, 6.45) is 1.43. The zero-order valence-corrected chi connectivity index (χ0v) is 13.1. The Bertz CT molecular complexity index is 609. The first-order valence-corrected chi connectivity index (χ1v) is 7.23. The minimum atomic E-state index is 0. The van der Waals surface area contributed by atoms with Crippen molar-refractivity contribution in [3.8, 4) is 5.75 Å². The van der Waals surface area contributed by atoms with E-state index in [4.69, 9.17) is 9.47 Å². The maximum Gasteiger partial charge on any atom is 0.166 e. The van der Waals surface area contributed by atoms with E-state index in [9.17, 15) is 4.79 Å². The fraction of sp³-hybridized carbons (Fsp3) is 0.278. The van der Waals surface area contributed by atoms with Crippen LogP contribution in [-0.2, 0) is 11.2 Å². The van der Waals surface area contributed by atoms with Crippen LogP contribution in [0.1, 0.15) is 22.3 Å². The van der Waals surface area contributed by atoms with E-state index in [0.717, 1.165) is 13.0 Å². The fourth-order valence-electron chi connectivity index (χ4n) is 2.21. The van der Waals surface area contributed by atoms with Gasteiger partial charge in [-0.1, -0.05) is 42.5 Å². The number of ketones is 1. The Morgan fingerprint density at radius 1 is 1.09 bits per heavy atom. The molecule has 0 bridgehead atoms. The molecule has 2 aromatic carbocycles. The van der Waals surface area contributed by atoms with Gasteiger partial charge in [-0.3, -0.25) is 4.79 Å². The number of ether oxygens (including phenoxy) is 2. The third-order valence-corrected chi connectivity index (χ3v) is 3.50. The van der Waals surface area contributed by atoms with Gasteiger partial charge >= 0.3 is 0 Å². The van der Waals surface area contributed by atoms with Crippen molar-refractivity contribution >= 4 is 18.2 Å². The molecule has 2 aromatic rings. The largest absolute Gasteiger partial charge is 0.490 e. The third-order valence-electron chi connectivity index (χ3n) is 3.50. The molecule has 1 fully saturated rings. The Hall–Kier alpha value is -1.84. The summed E-state index contributed by atoms with van der Waals surface area (Å²) in [5.74, 6) is 0.775. The molecule has 3 nitrogen and oxygen atoms in total. The molecule has 4 heteroatoms. The highest BCUT2D eigenvalue weighted by Gasteiger charge is 2.24. The van der Waals surface area contributed by atoms with E-state index in [2.05, 4.69) is 0 Å². The average Bonchev–Trinajstić information content (AvgIpc) is 3.36. The van der Waals surface area contributed by atoms with E-state index in [0.29, 0.717) is 24.3 Å². The maximum absolute atomic E-state index is 12.4. The highest BCUT2D eigenvalue weighted by atomic mass is 35.5. The lowest BCUT2D eigenvalue weighted by Gasteiger charge is -2.09. The molecule has 1 saturated heterocycles. The highest BCUT2D eigenvalue weighted by Crippen LogP contribution is 2.22. The predicted molar refractivity (Wildman–Crippen MR) is 88.0 cm³/mol. The molecular formula is C18H19ClO3. The van der Waals surface area contributed by atoms with Crippen molar-refractivity contribution in [3.63, 3.8) is 0 Å². The van der Waals surface area contributed by atoms with Gasteiger partial charge in [0.05, 0.1) is 12.2 Å². The average molecular weight is 319 g/mol. The lowest BCUT2D eigenvalue weighted by atomic mass is 10.0. The summed E-state index contributed by atoms with van der Waals surface area (Å²) >= 11 is 0. The van der Waals surface area contributed by atoms with Crippen molar-refractivity contribution in [2.24, 2.45) is 0 Å². The second-order valence-corrected chi connectivity index (χ2v) is 5.17. The molecule has 0 aromatic heterocycles. The summed E-state index contributed by atoms with van der Waals surface area (Å²) in [6, 6.07) is 17.5. The normalized spacial score (nSPS) is 15.7. The lowest BCUT2D eigenvalue weighted by Crippen LogP contribution is -2.09. The smallest absolute Gasteiger partial charge is 0.166 e. The summed E-state index contributed by atoms with van der Waals surface area (Å²) in [5.41, 5.74) is 1.84. The van der Waals surface area contributed by atoms with E-state index in [1.165, 1.54) is 5.56 Å². The molecule has 0 aliphatic carbocycles. The Labute approximate surface area is 136 Å². The van der Waals surface area contributed by atoms with Gasteiger partial charge in [0.15, 0.2) is 5.78 Å². The molecule has 3 rings (SSSR count). The molecule has 116 valence electrons. The van der Waals surface area contributed by atoms with Crippen LogP contribution in [0.3, 0.4) is 0 Å². The number of carbonyl (C=O) groups excluding carboxylic acids is 1. The quantitative estimate of drug-likeness (QED) is 0.577. The summed E-state index contributed by atoms with van der Waals surface area (Å²) in [7, 11) is 0. The number of aryl methyl sites for hydroxylation is 1. The van der Waals surface area contributed by atoms with Gasteiger partial charge in [-0.15, -0.1) is 12.4 Å². The first-order chi connectivity index (χ1) is 10.3. The van der Waals surface area contributed by atoms with E-state index in [1.807, 2.05) is 54.6 Å². The number of rotatable bonds is 7. The lowest BCUT2D eigenvalue weighted by molar-refractivity contribution is 0.0978. The number of benzene rings is 2. The number of carbonyl (C=O) groups is 1. The molecular weight excluding hydrogens is 300 g/mol. The van der Waals surface area contributed by atoms with Crippen LogP contribution in [0.2, 0.25) is 0 Å². The Kier molecular flexibility index (Phi) is 5.99. The zero-order chi connectivity index (χ0) is 14.5. The fourth-order valence-corrected chi connectivity index (χ4v) is 2.21. The van der Waals surface area contributed by atoms with Crippen molar-refractivity contribution in [3.05, 3.63) is 65.7 Å². The Morgan fingerprint density at radius 2 is 1.77 bits per heavy atom. The molecule has 1 unspecified atom stereocenters. The molecule has 1 aliphatic heterocycles. The van der Waals surface area contributed by atoms with Crippen LogP contribution >= 0.6 is 12.4 Å². The second kappa shape index (κ2) is 7.97. The van der Waals surface area contributed by atoms with Crippen molar-refractivity contribution in [2.75, 3.05) is 13.2 Å². The van der Waals surface area contributed by atoms with Crippen molar-refractivity contribution in [1.82, 2.24) is 0 Å². The van der Waals surface area contributed by atoms with E-state index >= 15 is 0 Å². The highest BCUT2D eigenvalue weighted by molar-refractivity contribution is 5.98. The molecule has 0 amide bonds. The first kappa shape index (κ1) is 16.5. The SMILES string of the molecule is Cl.O=C(CCc1ccccc1)c1ccccc1OCC1CO1. The Balaban J connectivity index is 0.00000176. The van der Waals surface area contributed by atoms with E-state index in [-0.39, 0.29) is 24.3 Å². The van der Waals surface area contributed by atoms with E-state index in [1.54, 1.807) is 0 Å². The monoisotopic (exact) mass is 318 g/mol. The number of epoxide rings is 1. The van der Waals surface area contributed by atoms with Gasteiger partial charge in [-0.2, -0.15) is 0 Å². The van der Waals surface area contributed by atoms with Crippen LogP contribution in [-0.4, -0.2) is 25.1 Å². The van der Waals surface area contributed by atoms with Crippen molar-refractivity contribution in [1.29, 1.82) is 0 Å². The van der Waals surface area contributed by atoms with Gasteiger partial charge in [0, 0.05) is 6.42 Å². The van der Waals surface area contributed by atoms with Crippen LogP contribution in [0.5, 0.6) is 5.75 Å². The number of para-hydroxylation sites is 1. The third kappa shape index (κ3) is 4.58. The standard InChI is InChI=1S/C18H18O3.ClH/c19-17(11-10-14-6-2-1-3-7-14)16-8-4-5-9-18(16)21-13-15-12-20-15;/h1-9,15H,10-13H2;1H. The second-order valence-electron chi connectivity index (χ2n) is 5.17. The van der Waals surface area contributed by atoms with Gasteiger partial charge in [0.25, 0.3) is 0 Å². The van der Waals surface area contributed by atoms with Gasteiger partial charge in [0.2, 0.25) is 0 Å². The van der Waals surface area contributed by atoms with Gasteiger partial charge in [0.1, 0.15) is 18.5 Å². The molecule has 1 aliphatic rings. The van der Waals surface area contributed by atoms with Gasteiger partial charge in [-0.05, 0) is 24.1 Å². The Morgan fingerprint density at radius 3 is 2.50 bits per heavy atom. The van der Waals surface area contributed by atoms with Gasteiger partial charge < -0.3 is 9.47 Å². The summed E-state index contributed by atoms with van der Waals surface area (Å²) in [5, 5.41) is 0. The zero-order valence-electron chi connectivity index (χ0n) is 12.2. The van der Waals surface area contributed by atoms with Gasteiger partial charge in [-0.25, -0.2) is 0 Å². The van der Waals surface area contributed by atoms with Crippen LogP contribution in [0.25, 0.3) is 0 Å². The molecule has 1 heterocycles. The molecule has 1 atom stereocenters. The van der Waals surface area contributed by atoms with Crippen molar-refractivity contribution in [2.45, 2.75) is 18.9 Å². The molecule has 0 spiro atoms. The molecule has 0 saturated carbocycles. The minimum Gasteiger partial charge on any atom is -0.490 e. The summed E-state index contributed by atoms with van der Waals surface area (Å²) in [6.45, 7) is 1.27. The van der Waals surface area contributed by atoms with Crippen LogP contribution < -0.4 is 4.74 Å². The van der Waals surface area contributed by atoms with E-state index < -0.39 is 0 Å². The first-order valence-electron chi connectivity index (χ1n) is 7.23. The minimum absolute atomic E-state index is 0.